The van der Waals surface area contributed by atoms with E-state index in [1.807, 2.05) is 0 Å². The summed E-state index contributed by atoms with van der Waals surface area (Å²) in [6.45, 7) is 0.238. The fourth-order valence-corrected chi connectivity index (χ4v) is 1.16. The molecule has 0 atom stereocenters. The second-order valence-electron chi connectivity index (χ2n) is 2.82. The standard InChI is InChI=1S/C9H8FNO2/c10-6-1-2-8-9(3-6)13-5-7(12)4-11-8/h1-3,11H,4-5H2. The van der Waals surface area contributed by atoms with E-state index in [4.69, 9.17) is 4.74 Å². The number of fused-ring (bicyclic) bond motifs is 1. The molecule has 1 aliphatic rings. The van der Waals surface area contributed by atoms with Gasteiger partial charge in [-0.2, -0.15) is 0 Å². The zero-order valence-corrected chi connectivity index (χ0v) is 6.84. The van der Waals surface area contributed by atoms with Crippen LogP contribution in [0.15, 0.2) is 18.2 Å². The molecule has 0 bridgehead atoms. The Labute approximate surface area is 74.5 Å². The molecule has 1 aliphatic heterocycles. The van der Waals surface area contributed by atoms with Gasteiger partial charge in [0.1, 0.15) is 18.2 Å². The number of ether oxygens (including phenoxy) is 1. The van der Waals surface area contributed by atoms with Crippen molar-refractivity contribution in [2.45, 2.75) is 0 Å². The van der Waals surface area contributed by atoms with Crippen LogP contribution in [0.2, 0.25) is 0 Å². The lowest BCUT2D eigenvalue weighted by atomic mass is 10.3. The van der Waals surface area contributed by atoms with Crippen LogP contribution in [-0.2, 0) is 4.79 Å². The zero-order chi connectivity index (χ0) is 9.26. The molecule has 68 valence electrons. The topological polar surface area (TPSA) is 38.3 Å². The fraction of sp³-hybridized carbons (Fsp3) is 0.222. The number of Topliss-reactive ketones (excluding diaryl/α,β-unsaturated/α-hetero) is 1. The van der Waals surface area contributed by atoms with E-state index in [1.165, 1.54) is 12.1 Å². The number of hydrogen-bond donors (Lipinski definition) is 1. The van der Waals surface area contributed by atoms with Crippen molar-refractivity contribution in [1.29, 1.82) is 0 Å². The second kappa shape index (κ2) is 3.05. The van der Waals surface area contributed by atoms with Gasteiger partial charge in [-0.15, -0.1) is 0 Å². The van der Waals surface area contributed by atoms with E-state index < -0.39 is 0 Å². The van der Waals surface area contributed by atoms with Crippen molar-refractivity contribution in [3.63, 3.8) is 0 Å². The third kappa shape index (κ3) is 1.61. The van der Waals surface area contributed by atoms with E-state index in [0.29, 0.717) is 11.4 Å². The first-order valence-electron chi connectivity index (χ1n) is 3.93. The third-order valence-corrected chi connectivity index (χ3v) is 1.81. The third-order valence-electron chi connectivity index (χ3n) is 1.81. The molecule has 0 saturated heterocycles. The van der Waals surface area contributed by atoms with E-state index in [9.17, 15) is 9.18 Å². The monoisotopic (exact) mass is 181 g/mol. The van der Waals surface area contributed by atoms with Crippen LogP contribution in [0.3, 0.4) is 0 Å². The molecule has 3 nitrogen and oxygen atoms in total. The van der Waals surface area contributed by atoms with Gasteiger partial charge in [0.15, 0.2) is 5.78 Å². The van der Waals surface area contributed by atoms with Crippen molar-refractivity contribution >= 4 is 11.5 Å². The molecular formula is C9H8FNO2. The fourth-order valence-electron chi connectivity index (χ4n) is 1.16. The number of rotatable bonds is 0. The van der Waals surface area contributed by atoms with Gasteiger partial charge in [-0.25, -0.2) is 4.39 Å². The number of anilines is 1. The highest BCUT2D eigenvalue weighted by Gasteiger charge is 2.13. The molecule has 0 aliphatic carbocycles. The normalized spacial score (nSPS) is 15.3. The van der Waals surface area contributed by atoms with Crippen molar-refractivity contribution in [2.24, 2.45) is 0 Å². The number of halogens is 1. The lowest BCUT2D eigenvalue weighted by Crippen LogP contribution is -2.16. The van der Waals surface area contributed by atoms with Crippen LogP contribution < -0.4 is 10.1 Å². The average molecular weight is 181 g/mol. The van der Waals surface area contributed by atoms with Crippen LogP contribution in [-0.4, -0.2) is 18.9 Å². The molecule has 1 N–H and O–H groups in total. The molecule has 1 aromatic carbocycles. The summed E-state index contributed by atoms with van der Waals surface area (Å²) in [5.74, 6) is -0.0163. The summed E-state index contributed by atoms with van der Waals surface area (Å²) in [5.41, 5.74) is 0.659. The number of benzene rings is 1. The Kier molecular flexibility index (Phi) is 1.88. The maximum absolute atomic E-state index is 12.7. The molecule has 0 radical (unpaired) electrons. The Morgan fingerprint density at radius 1 is 1.46 bits per heavy atom. The van der Waals surface area contributed by atoms with Crippen molar-refractivity contribution in [2.75, 3.05) is 18.5 Å². The van der Waals surface area contributed by atoms with Gasteiger partial charge >= 0.3 is 0 Å². The van der Waals surface area contributed by atoms with E-state index in [-0.39, 0.29) is 24.8 Å². The van der Waals surface area contributed by atoms with Crippen LogP contribution in [0, 0.1) is 5.82 Å². The highest BCUT2D eigenvalue weighted by molar-refractivity contribution is 5.86. The lowest BCUT2D eigenvalue weighted by Gasteiger charge is -2.05. The molecule has 13 heavy (non-hydrogen) atoms. The van der Waals surface area contributed by atoms with Crippen molar-refractivity contribution in [3.05, 3.63) is 24.0 Å². The average Bonchev–Trinajstić information content (AvgIpc) is 2.29. The molecular weight excluding hydrogens is 173 g/mol. The van der Waals surface area contributed by atoms with E-state index in [2.05, 4.69) is 5.32 Å². The van der Waals surface area contributed by atoms with Crippen LogP contribution in [0.25, 0.3) is 0 Å². The van der Waals surface area contributed by atoms with Gasteiger partial charge in [-0.05, 0) is 12.1 Å². The Bertz CT molecular complexity index is 351. The smallest absolute Gasteiger partial charge is 0.189 e. The SMILES string of the molecule is O=C1CNc2ccc(F)cc2OC1. The summed E-state index contributed by atoms with van der Waals surface area (Å²) in [6.07, 6.45) is 0. The number of ketones is 1. The molecule has 2 rings (SSSR count). The molecule has 0 unspecified atom stereocenters. The predicted molar refractivity (Wildman–Crippen MR) is 45.4 cm³/mol. The summed E-state index contributed by atoms with van der Waals surface area (Å²) in [4.78, 5) is 11.0. The summed E-state index contributed by atoms with van der Waals surface area (Å²) >= 11 is 0. The van der Waals surface area contributed by atoms with Gasteiger partial charge in [0.25, 0.3) is 0 Å². The molecule has 1 aromatic rings. The lowest BCUT2D eigenvalue weighted by molar-refractivity contribution is -0.119. The summed E-state index contributed by atoms with van der Waals surface area (Å²) < 4.78 is 17.8. The van der Waals surface area contributed by atoms with Crippen LogP contribution >= 0.6 is 0 Å². The highest BCUT2D eigenvalue weighted by atomic mass is 19.1. The number of nitrogens with one attached hydrogen (secondary N) is 1. The molecule has 0 saturated carbocycles. The minimum atomic E-state index is -0.366. The quantitative estimate of drug-likeness (QED) is 0.653. The van der Waals surface area contributed by atoms with Crippen molar-refractivity contribution in [1.82, 2.24) is 0 Å². The summed E-state index contributed by atoms with van der Waals surface area (Å²) in [5, 5.41) is 2.86. The van der Waals surface area contributed by atoms with Gasteiger partial charge in [-0.3, -0.25) is 4.79 Å². The first-order chi connectivity index (χ1) is 6.25. The number of hydrogen-bond acceptors (Lipinski definition) is 3. The molecule has 1 heterocycles. The van der Waals surface area contributed by atoms with Crippen LogP contribution in [0.1, 0.15) is 0 Å². The molecule has 0 spiro atoms. The Morgan fingerprint density at radius 3 is 3.15 bits per heavy atom. The second-order valence-corrected chi connectivity index (χ2v) is 2.82. The minimum Gasteiger partial charge on any atom is -0.483 e. The largest absolute Gasteiger partial charge is 0.483 e. The van der Waals surface area contributed by atoms with Gasteiger partial charge in [0.05, 0.1) is 12.2 Å². The Hall–Kier alpha value is -1.58. The van der Waals surface area contributed by atoms with Gasteiger partial charge < -0.3 is 10.1 Å². The molecule has 0 aromatic heterocycles. The predicted octanol–water partition coefficient (Wildman–Crippen LogP) is 1.20. The molecule has 4 heteroatoms. The van der Waals surface area contributed by atoms with Gasteiger partial charge in [0, 0.05) is 6.07 Å². The van der Waals surface area contributed by atoms with Crippen molar-refractivity contribution in [3.8, 4) is 5.75 Å². The Morgan fingerprint density at radius 2 is 2.31 bits per heavy atom. The van der Waals surface area contributed by atoms with Crippen LogP contribution in [0.4, 0.5) is 10.1 Å². The van der Waals surface area contributed by atoms with E-state index in [0.717, 1.165) is 0 Å². The minimum absolute atomic E-state index is 0.00343. The van der Waals surface area contributed by atoms with Crippen LogP contribution in [0.5, 0.6) is 5.75 Å². The molecule has 0 amide bonds. The van der Waals surface area contributed by atoms with Gasteiger partial charge in [0.2, 0.25) is 0 Å². The first kappa shape index (κ1) is 8.04. The zero-order valence-electron chi connectivity index (χ0n) is 6.84. The Balaban J connectivity index is 2.35. The maximum atomic E-state index is 12.7. The van der Waals surface area contributed by atoms with E-state index >= 15 is 0 Å². The van der Waals surface area contributed by atoms with E-state index in [1.54, 1.807) is 6.07 Å². The highest BCUT2D eigenvalue weighted by Crippen LogP contribution is 2.26. The van der Waals surface area contributed by atoms with Crippen molar-refractivity contribution < 1.29 is 13.9 Å². The number of carbonyl (C=O) groups is 1. The number of carbonyl (C=O) groups excluding carboxylic acids is 1. The first-order valence-corrected chi connectivity index (χ1v) is 3.93. The molecule has 0 fully saturated rings. The summed E-state index contributed by atoms with van der Waals surface area (Å²) in [6, 6.07) is 4.15. The van der Waals surface area contributed by atoms with Gasteiger partial charge in [-0.1, -0.05) is 0 Å². The summed E-state index contributed by atoms with van der Waals surface area (Å²) in [7, 11) is 0. The maximum Gasteiger partial charge on any atom is 0.189 e.